The van der Waals surface area contributed by atoms with Crippen molar-refractivity contribution in [3.63, 3.8) is 0 Å². The van der Waals surface area contributed by atoms with Crippen molar-refractivity contribution in [3.8, 4) is 0 Å². The molecule has 1 aliphatic carbocycles. The molecule has 1 aliphatic rings. The number of hydrogen-bond donors (Lipinski definition) is 2. The van der Waals surface area contributed by atoms with Crippen molar-refractivity contribution in [1.29, 1.82) is 0 Å². The van der Waals surface area contributed by atoms with Gasteiger partial charge in [-0.1, -0.05) is 18.7 Å². The van der Waals surface area contributed by atoms with Gasteiger partial charge >= 0.3 is 0 Å². The highest BCUT2D eigenvalue weighted by Gasteiger charge is 2.28. The van der Waals surface area contributed by atoms with Crippen molar-refractivity contribution >= 4 is 11.8 Å². The van der Waals surface area contributed by atoms with Crippen LogP contribution in [0.25, 0.3) is 0 Å². The molecule has 1 heterocycles. The Morgan fingerprint density at radius 3 is 3.12 bits per heavy atom. The number of rotatable bonds is 8. The van der Waals surface area contributed by atoms with Crippen molar-refractivity contribution < 1.29 is 5.11 Å². The normalized spacial score (nSPS) is 17.3. The largest absolute Gasteiger partial charge is 0.391 e. The van der Waals surface area contributed by atoms with Crippen LogP contribution in [-0.2, 0) is 0 Å². The number of nitrogens with one attached hydrogen (secondary N) is 1. The number of aromatic nitrogens is 4. The molecule has 0 aliphatic heterocycles. The minimum atomic E-state index is -0.351. The molecule has 1 aromatic heterocycles. The Morgan fingerprint density at radius 2 is 2.41 bits per heavy atom. The summed E-state index contributed by atoms with van der Waals surface area (Å²) in [6.45, 7) is 3.69. The molecule has 0 radical (unpaired) electrons. The summed E-state index contributed by atoms with van der Waals surface area (Å²) in [6.07, 6.45) is 3.06. The Balaban J connectivity index is 1.71. The van der Waals surface area contributed by atoms with Crippen molar-refractivity contribution in [2.24, 2.45) is 0 Å². The summed E-state index contributed by atoms with van der Waals surface area (Å²) < 4.78 is 1.87. The second-order valence-electron chi connectivity index (χ2n) is 4.31. The van der Waals surface area contributed by atoms with Gasteiger partial charge in [-0.15, -0.1) is 5.10 Å². The van der Waals surface area contributed by atoms with E-state index in [1.165, 1.54) is 24.6 Å². The molecule has 0 saturated heterocycles. The molecule has 0 aromatic carbocycles. The zero-order chi connectivity index (χ0) is 12.1. The van der Waals surface area contributed by atoms with Gasteiger partial charge in [-0.3, -0.25) is 0 Å². The number of thioether (sulfide) groups is 1. The van der Waals surface area contributed by atoms with Crippen LogP contribution in [0.1, 0.15) is 32.2 Å². The van der Waals surface area contributed by atoms with Crippen LogP contribution >= 0.6 is 11.8 Å². The maximum atomic E-state index is 9.76. The summed E-state index contributed by atoms with van der Waals surface area (Å²) in [5, 5.41) is 25.4. The summed E-state index contributed by atoms with van der Waals surface area (Å²) in [5.41, 5.74) is 0. The Labute approximate surface area is 105 Å². The summed E-state index contributed by atoms with van der Waals surface area (Å²) in [7, 11) is 0. The smallest absolute Gasteiger partial charge is 0.209 e. The first-order valence-corrected chi connectivity index (χ1v) is 7.09. The van der Waals surface area contributed by atoms with E-state index in [9.17, 15) is 5.11 Å². The quantitative estimate of drug-likeness (QED) is 0.520. The predicted octanol–water partition coefficient (Wildman–Crippen LogP) is 0.461. The minimum absolute atomic E-state index is 0.351. The molecule has 2 rings (SSSR count). The molecule has 7 heteroatoms. The van der Waals surface area contributed by atoms with Crippen LogP contribution in [0.5, 0.6) is 0 Å². The minimum Gasteiger partial charge on any atom is -0.391 e. The fraction of sp³-hybridized carbons (Fsp3) is 0.900. The number of aliphatic hydroxyl groups excluding tert-OH is 1. The monoisotopic (exact) mass is 257 g/mol. The van der Waals surface area contributed by atoms with Gasteiger partial charge in [0.05, 0.1) is 12.1 Å². The average molecular weight is 257 g/mol. The molecule has 0 amide bonds. The van der Waals surface area contributed by atoms with Crippen LogP contribution in [0, 0.1) is 0 Å². The van der Waals surface area contributed by atoms with E-state index in [1.807, 2.05) is 4.68 Å². The fourth-order valence-corrected chi connectivity index (χ4v) is 2.38. The molecule has 17 heavy (non-hydrogen) atoms. The summed E-state index contributed by atoms with van der Waals surface area (Å²) in [6, 6.07) is 0.489. The second-order valence-corrected chi connectivity index (χ2v) is 5.29. The highest BCUT2D eigenvalue weighted by atomic mass is 32.2. The Morgan fingerprint density at radius 1 is 1.59 bits per heavy atom. The molecule has 6 nitrogen and oxygen atoms in total. The Kier molecular flexibility index (Phi) is 4.75. The lowest BCUT2D eigenvalue weighted by Gasteiger charge is -2.10. The van der Waals surface area contributed by atoms with Gasteiger partial charge in [-0.25, -0.2) is 4.68 Å². The van der Waals surface area contributed by atoms with Gasteiger partial charge in [0.15, 0.2) is 0 Å². The third-order valence-corrected chi connectivity index (χ3v) is 3.65. The van der Waals surface area contributed by atoms with Crippen LogP contribution in [0.15, 0.2) is 5.16 Å². The maximum Gasteiger partial charge on any atom is 0.209 e. The third kappa shape index (κ3) is 3.93. The summed E-state index contributed by atoms with van der Waals surface area (Å²) >= 11 is 1.53. The van der Waals surface area contributed by atoms with Crippen molar-refractivity contribution in [3.05, 3.63) is 0 Å². The van der Waals surface area contributed by atoms with Crippen LogP contribution in [-0.4, -0.2) is 50.3 Å². The van der Waals surface area contributed by atoms with Gasteiger partial charge < -0.3 is 10.4 Å². The zero-order valence-corrected chi connectivity index (χ0v) is 10.9. The summed E-state index contributed by atoms with van der Waals surface area (Å²) in [4.78, 5) is 0. The van der Waals surface area contributed by atoms with Gasteiger partial charge in [0, 0.05) is 12.3 Å². The molecule has 1 unspecified atom stereocenters. The van der Waals surface area contributed by atoms with E-state index >= 15 is 0 Å². The van der Waals surface area contributed by atoms with Crippen LogP contribution in [0.2, 0.25) is 0 Å². The van der Waals surface area contributed by atoms with E-state index in [1.54, 1.807) is 0 Å². The highest BCUT2D eigenvalue weighted by Crippen LogP contribution is 2.36. The number of aliphatic hydroxyl groups is 1. The first-order chi connectivity index (χ1) is 8.31. The number of nitrogens with zero attached hydrogens (tertiary/aromatic N) is 4. The van der Waals surface area contributed by atoms with E-state index < -0.39 is 0 Å². The van der Waals surface area contributed by atoms with Gasteiger partial charge in [-0.2, -0.15) is 0 Å². The third-order valence-electron chi connectivity index (χ3n) is 2.57. The van der Waals surface area contributed by atoms with Gasteiger partial charge in [0.2, 0.25) is 5.16 Å². The molecule has 1 fully saturated rings. The number of hydrogen-bond acceptors (Lipinski definition) is 6. The van der Waals surface area contributed by atoms with Crippen LogP contribution < -0.4 is 5.32 Å². The van der Waals surface area contributed by atoms with E-state index in [0.717, 1.165) is 18.1 Å². The molecule has 2 N–H and O–H groups in total. The van der Waals surface area contributed by atoms with Gasteiger partial charge in [0.25, 0.3) is 0 Å². The molecule has 0 bridgehead atoms. The van der Waals surface area contributed by atoms with Crippen molar-refractivity contribution in [2.75, 3.05) is 18.8 Å². The topological polar surface area (TPSA) is 75.9 Å². The van der Waals surface area contributed by atoms with E-state index in [4.69, 9.17) is 0 Å². The second kappa shape index (κ2) is 6.32. The van der Waals surface area contributed by atoms with Crippen molar-refractivity contribution in [2.45, 2.75) is 43.5 Å². The Hall–Kier alpha value is -0.660. The highest BCUT2D eigenvalue weighted by molar-refractivity contribution is 7.99. The Bertz CT molecular complexity index is 341. The zero-order valence-electron chi connectivity index (χ0n) is 10.0. The molecular formula is C10H19N5OS. The lowest BCUT2D eigenvalue weighted by molar-refractivity contribution is 0.196. The first kappa shape index (κ1) is 12.8. The maximum absolute atomic E-state index is 9.76. The molecule has 1 saturated carbocycles. The van der Waals surface area contributed by atoms with Gasteiger partial charge in [0.1, 0.15) is 0 Å². The van der Waals surface area contributed by atoms with Gasteiger partial charge in [-0.05, 0) is 36.2 Å². The number of tetrazole rings is 1. The van der Waals surface area contributed by atoms with Crippen molar-refractivity contribution in [1.82, 2.24) is 25.5 Å². The molecular weight excluding hydrogens is 238 g/mol. The molecule has 96 valence electrons. The predicted molar refractivity (Wildman–Crippen MR) is 66.0 cm³/mol. The first-order valence-electron chi connectivity index (χ1n) is 6.10. The van der Waals surface area contributed by atoms with Crippen LogP contribution in [0.4, 0.5) is 0 Å². The lowest BCUT2D eigenvalue weighted by atomic mass is 10.4. The van der Waals surface area contributed by atoms with E-state index in [2.05, 4.69) is 27.8 Å². The summed E-state index contributed by atoms with van der Waals surface area (Å²) in [5.74, 6) is 0.629. The standard InChI is InChI=1S/C10H19N5OS/c1-2-5-11-6-9(16)7-17-10-12-13-14-15(10)8-3-4-8/h8-9,11,16H,2-7H2,1H3. The lowest BCUT2D eigenvalue weighted by Crippen LogP contribution is -2.29. The molecule has 0 spiro atoms. The van der Waals surface area contributed by atoms with E-state index in [-0.39, 0.29) is 6.10 Å². The molecule has 1 aromatic rings. The fourth-order valence-electron chi connectivity index (χ4n) is 1.50. The van der Waals surface area contributed by atoms with E-state index in [0.29, 0.717) is 18.3 Å². The SMILES string of the molecule is CCCNCC(O)CSc1nnnn1C1CC1. The van der Waals surface area contributed by atoms with Crippen LogP contribution in [0.3, 0.4) is 0 Å². The molecule has 1 atom stereocenters. The average Bonchev–Trinajstić information content (AvgIpc) is 3.06.